The van der Waals surface area contributed by atoms with Crippen LogP contribution >= 0.6 is 0 Å². The summed E-state index contributed by atoms with van der Waals surface area (Å²) in [7, 11) is 0. The number of hydrogen-bond acceptors (Lipinski definition) is 9. The van der Waals surface area contributed by atoms with Crippen LogP contribution in [0.15, 0.2) is 67.3 Å². The van der Waals surface area contributed by atoms with E-state index in [2.05, 4.69) is 44.5 Å². The number of aliphatic hydroxyl groups excluding tert-OH is 2. The molecule has 10 heteroatoms. The molecule has 0 saturated carbocycles. The van der Waals surface area contributed by atoms with Gasteiger partial charge in [-0.3, -0.25) is 4.57 Å². The molecule has 3 N–H and O–H groups in total. The molecule has 1 aliphatic carbocycles. The van der Waals surface area contributed by atoms with Gasteiger partial charge in [0.15, 0.2) is 23.2 Å². The lowest BCUT2D eigenvalue weighted by Gasteiger charge is -2.26. The van der Waals surface area contributed by atoms with E-state index < -0.39 is 24.5 Å². The minimum Gasteiger partial charge on any atom is -0.387 e. The largest absolute Gasteiger partial charge is 0.387 e. The third-order valence-electron chi connectivity index (χ3n) is 7.03. The van der Waals surface area contributed by atoms with Crippen molar-refractivity contribution in [3.05, 3.63) is 83.9 Å². The maximum atomic E-state index is 10.8. The molecular formula is C27H29N5O5. The molecule has 2 aromatic carbocycles. The van der Waals surface area contributed by atoms with Gasteiger partial charge in [0.05, 0.1) is 12.4 Å². The lowest BCUT2D eigenvalue weighted by molar-refractivity contribution is -0.318. The predicted octanol–water partition coefficient (Wildman–Crippen LogP) is 3.08. The molecular weight excluding hydrogens is 474 g/mol. The van der Waals surface area contributed by atoms with Gasteiger partial charge in [0.2, 0.25) is 0 Å². The van der Waals surface area contributed by atoms with E-state index in [0.717, 1.165) is 24.8 Å². The highest BCUT2D eigenvalue weighted by molar-refractivity contribution is 5.83. The fourth-order valence-corrected chi connectivity index (χ4v) is 5.11. The van der Waals surface area contributed by atoms with Crippen LogP contribution in [0.2, 0.25) is 0 Å². The first-order valence-corrected chi connectivity index (χ1v) is 12.5. The van der Waals surface area contributed by atoms with Crippen molar-refractivity contribution in [2.45, 2.75) is 56.5 Å². The molecule has 0 amide bonds. The van der Waals surface area contributed by atoms with E-state index in [1.165, 1.54) is 17.5 Å². The van der Waals surface area contributed by atoms with Crippen LogP contribution in [-0.4, -0.2) is 54.7 Å². The van der Waals surface area contributed by atoms with Crippen LogP contribution in [0, 0.1) is 0 Å². The predicted molar refractivity (Wildman–Crippen MR) is 134 cm³/mol. The quantitative estimate of drug-likeness (QED) is 0.189. The van der Waals surface area contributed by atoms with Gasteiger partial charge in [0.1, 0.15) is 37.9 Å². The van der Waals surface area contributed by atoms with Crippen LogP contribution in [0.25, 0.3) is 11.2 Å². The third-order valence-corrected chi connectivity index (χ3v) is 7.03. The van der Waals surface area contributed by atoms with Crippen LogP contribution in [-0.2, 0) is 27.5 Å². The number of aryl methyl sites for hydroxylation is 1. The average Bonchev–Trinajstić information content (AvgIpc) is 3.49. The smallest absolute Gasteiger partial charge is 0.167 e. The summed E-state index contributed by atoms with van der Waals surface area (Å²) in [6.07, 6.45) is 2.14. The normalized spacial score (nSPS) is 25.3. The van der Waals surface area contributed by atoms with Crippen LogP contribution in [0.1, 0.15) is 41.8 Å². The summed E-state index contributed by atoms with van der Waals surface area (Å²) in [5.74, 6) is 0.618. The number of hydrogen-bond donors (Lipinski definition) is 3. The molecule has 2 aromatic heterocycles. The van der Waals surface area contributed by atoms with E-state index in [-0.39, 0.29) is 19.3 Å². The molecule has 6 rings (SSSR count). The minimum atomic E-state index is -1.20. The van der Waals surface area contributed by atoms with Gasteiger partial charge < -0.3 is 20.3 Å². The fourth-order valence-electron chi connectivity index (χ4n) is 5.11. The van der Waals surface area contributed by atoms with Crippen molar-refractivity contribution in [1.82, 2.24) is 19.5 Å². The number of nitrogens with one attached hydrogen (secondary N) is 1. The molecule has 192 valence electrons. The Bertz CT molecular complexity index is 1350. The number of nitrogens with zero attached hydrogens (tertiary/aromatic N) is 4. The number of aromatic nitrogens is 4. The first-order chi connectivity index (χ1) is 18.2. The SMILES string of the molecule is OC1C(O)[C@@H](COOCc2ccccc2)O[C@H]1n1cnc2c(NC3CCCc4ccccc43)ncnc21. The zero-order valence-electron chi connectivity index (χ0n) is 20.2. The summed E-state index contributed by atoms with van der Waals surface area (Å²) < 4.78 is 7.58. The second kappa shape index (κ2) is 10.5. The Kier molecular flexibility index (Phi) is 6.81. The van der Waals surface area contributed by atoms with E-state index in [0.29, 0.717) is 17.0 Å². The molecule has 4 aromatic rings. The van der Waals surface area contributed by atoms with E-state index in [9.17, 15) is 10.2 Å². The third kappa shape index (κ3) is 4.81. The van der Waals surface area contributed by atoms with Gasteiger partial charge in [-0.25, -0.2) is 24.7 Å². The highest BCUT2D eigenvalue weighted by Gasteiger charge is 2.44. The Hall–Kier alpha value is -3.41. The average molecular weight is 504 g/mol. The van der Waals surface area contributed by atoms with Crippen LogP contribution in [0.5, 0.6) is 0 Å². The molecule has 37 heavy (non-hydrogen) atoms. The summed E-state index contributed by atoms with van der Waals surface area (Å²) >= 11 is 0. The van der Waals surface area contributed by atoms with E-state index in [1.807, 2.05) is 30.3 Å². The van der Waals surface area contributed by atoms with Crippen molar-refractivity contribution in [1.29, 1.82) is 0 Å². The van der Waals surface area contributed by atoms with Gasteiger partial charge >= 0.3 is 0 Å². The number of rotatable bonds is 8. The zero-order chi connectivity index (χ0) is 25.2. The van der Waals surface area contributed by atoms with Crippen molar-refractivity contribution < 1.29 is 24.7 Å². The lowest BCUT2D eigenvalue weighted by Crippen LogP contribution is -2.33. The summed E-state index contributed by atoms with van der Waals surface area (Å²) in [5.41, 5.74) is 4.65. The van der Waals surface area contributed by atoms with E-state index >= 15 is 0 Å². The molecule has 2 aliphatic rings. The van der Waals surface area contributed by atoms with Crippen LogP contribution in [0.3, 0.4) is 0 Å². The number of ether oxygens (including phenoxy) is 1. The van der Waals surface area contributed by atoms with Crippen molar-refractivity contribution in [2.75, 3.05) is 11.9 Å². The molecule has 1 fully saturated rings. The van der Waals surface area contributed by atoms with E-state index in [4.69, 9.17) is 14.5 Å². The van der Waals surface area contributed by atoms with Crippen molar-refractivity contribution in [3.8, 4) is 0 Å². The molecule has 1 aliphatic heterocycles. The summed E-state index contributed by atoms with van der Waals surface area (Å²) in [6.45, 7) is 0.219. The Morgan fingerprint density at radius 2 is 1.81 bits per heavy atom. The Morgan fingerprint density at radius 3 is 2.70 bits per heavy atom. The highest BCUT2D eigenvalue weighted by Crippen LogP contribution is 2.35. The monoisotopic (exact) mass is 503 g/mol. The van der Waals surface area contributed by atoms with E-state index in [1.54, 1.807) is 10.9 Å². The molecule has 10 nitrogen and oxygen atoms in total. The van der Waals surface area contributed by atoms with Gasteiger partial charge in [0, 0.05) is 0 Å². The Balaban J connectivity index is 1.15. The van der Waals surface area contributed by atoms with Gasteiger partial charge in [0.25, 0.3) is 0 Å². The molecule has 0 radical (unpaired) electrons. The van der Waals surface area contributed by atoms with Crippen molar-refractivity contribution >= 4 is 17.0 Å². The van der Waals surface area contributed by atoms with Gasteiger partial charge in [-0.15, -0.1) is 0 Å². The summed E-state index contributed by atoms with van der Waals surface area (Å²) in [6, 6.07) is 18.2. The Labute approximate surface area is 213 Å². The number of aliphatic hydroxyl groups is 2. The van der Waals surface area contributed by atoms with Gasteiger partial charge in [-0.1, -0.05) is 54.6 Å². The van der Waals surface area contributed by atoms with Crippen LogP contribution < -0.4 is 5.32 Å². The molecule has 3 unspecified atom stereocenters. The lowest BCUT2D eigenvalue weighted by atomic mass is 9.88. The van der Waals surface area contributed by atoms with Crippen LogP contribution in [0.4, 0.5) is 5.82 Å². The standard InChI is InChI=1S/C27H29N5O5/c33-23-21(14-36-35-13-17-7-2-1-3-8-17)37-27(24(23)34)32-16-30-22-25(28-15-29-26(22)32)31-20-12-6-10-18-9-4-5-11-19(18)20/h1-5,7-9,11,15-16,20-21,23-24,27,33-34H,6,10,12-14H2,(H,28,29,31)/t20?,21-,23?,24?,27-/m1/s1. The van der Waals surface area contributed by atoms with Crippen molar-refractivity contribution in [2.24, 2.45) is 0 Å². The van der Waals surface area contributed by atoms with Crippen molar-refractivity contribution in [3.63, 3.8) is 0 Å². The molecule has 0 spiro atoms. The fraction of sp³-hybridized carbons (Fsp3) is 0.370. The highest BCUT2D eigenvalue weighted by atomic mass is 17.2. The zero-order valence-corrected chi connectivity index (χ0v) is 20.2. The molecule has 1 saturated heterocycles. The Morgan fingerprint density at radius 1 is 0.973 bits per heavy atom. The maximum absolute atomic E-state index is 10.8. The second-order valence-corrected chi connectivity index (χ2v) is 9.41. The molecule has 3 heterocycles. The van der Waals surface area contributed by atoms with Gasteiger partial charge in [-0.05, 0) is 36.0 Å². The minimum absolute atomic E-state index is 0.0446. The first-order valence-electron chi connectivity index (χ1n) is 12.5. The maximum Gasteiger partial charge on any atom is 0.167 e. The summed E-state index contributed by atoms with van der Waals surface area (Å²) in [5, 5.41) is 24.9. The topological polar surface area (TPSA) is 124 Å². The molecule has 5 atom stereocenters. The first kappa shape index (κ1) is 24.0. The molecule has 0 bridgehead atoms. The second-order valence-electron chi connectivity index (χ2n) is 9.41. The number of fused-ring (bicyclic) bond motifs is 2. The number of benzene rings is 2. The number of anilines is 1. The van der Waals surface area contributed by atoms with Gasteiger partial charge in [-0.2, -0.15) is 0 Å². The summed E-state index contributed by atoms with van der Waals surface area (Å²) in [4.78, 5) is 23.9. The number of imidazole rings is 1.